The van der Waals surface area contributed by atoms with Gasteiger partial charge in [0.25, 0.3) is 0 Å². The summed E-state index contributed by atoms with van der Waals surface area (Å²) in [5.41, 5.74) is 0. The van der Waals surface area contributed by atoms with Crippen LogP contribution in [-0.4, -0.2) is 23.1 Å². The van der Waals surface area contributed by atoms with E-state index in [1.165, 1.54) is 161 Å². The topological polar surface area (TPSA) is 63.6 Å². The van der Waals surface area contributed by atoms with Crippen molar-refractivity contribution in [2.24, 2.45) is 0 Å². The Kier molecular flexibility index (Phi) is 35.1. The molecule has 0 rings (SSSR count). The van der Waals surface area contributed by atoms with Crippen LogP contribution in [0.5, 0.6) is 0 Å². The fourth-order valence-corrected chi connectivity index (χ4v) is 6.06. The second-order valence-corrected chi connectivity index (χ2v) is 13.5. The van der Waals surface area contributed by atoms with Crippen molar-refractivity contribution >= 4 is 11.9 Å². The Morgan fingerprint density at radius 3 is 1.25 bits per heavy atom. The van der Waals surface area contributed by atoms with Gasteiger partial charge in [0, 0.05) is 12.8 Å². The van der Waals surface area contributed by atoms with Crippen molar-refractivity contribution in [2.75, 3.05) is 0 Å². The van der Waals surface area contributed by atoms with Crippen LogP contribution in [0, 0.1) is 0 Å². The third-order valence-corrected chi connectivity index (χ3v) is 8.99. The monoisotopic (exact) mass is 621 g/mol. The van der Waals surface area contributed by atoms with Crippen LogP contribution in [0.15, 0.2) is 12.2 Å². The molecule has 44 heavy (non-hydrogen) atoms. The van der Waals surface area contributed by atoms with Crippen molar-refractivity contribution in [3.05, 3.63) is 12.2 Å². The highest BCUT2D eigenvalue weighted by Crippen LogP contribution is 2.19. The lowest BCUT2D eigenvalue weighted by Gasteiger charge is -2.18. The maximum absolute atomic E-state index is 12.6. The van der Waals surface area contributed by atoms with Crippen molar-refractivity contribution < 1.29 is 19.4 Å². The van der Waals surface area contributed by atoms with Gasteiger partial charge in [-0.1, -0.05) is 161 Å². The summed E-state index contributed by atoms with van der Waals surface area (Å²) in [6.45, 7) is 4.52. The molecule has 0 heterocycles. The van der Waals surface area contributed by atoms with Gasteiger partial charge < -0.3 is 9.84 Å². The van der Waals surface area contributed by atoms with Gasteiger partial charge in [0.05, 0.1) is 0 Å². The number of rotatable bonds is 36. The maximum Gasteiger partial charge on any atom is 0.306 e. The maximum atomic E-state index is 12.6. The molecular formula is C40H76O4. The predicted octanol–water partition coefficient (Wildman–Crippen LogP) is 13.5. The Balaban J connectivity index is 3.87. The van der Waals surface area contributed by atoms with E-state index < -0.39 is 5.97 Å². The normalized spacial score (nSPS) is 12.2. The van der Waals surface area contributed by atoms with Gasteiger partial charge in [0.15, 0.2) is 0 Å². The molecule has 4 nitrogen and oxygen atoms in total. The molecule has 0 radical (unpaired) electrons. The summed E-state index contributed by atoms with van der Waals surface area (Å²) in [6, 6.07) is 0. The summed E-state index contributed by atoms with van der Waals surface area (Å²) in [5.74, 6) is -0.630. The second-order valence-electron chi connectivity index (χ2n) is 13.5. The first kappa shape index (κ1) is 42.7. The Morgan fingerprint density at radius 2 is 0.818 bits per heavy atom. The van der Waals surface area contributed by atoms with Crippen molar-refractivity contribution in [3.63, 3.8) is 0 Å². The van der Waals surface area contributed by atoms with Crippen molar-refractivity contribution in [1.29, 1.82) is 0 Å². The van der Waals surface area contributed by atoms with Crippen LogP contribution in [0.1, 0.15) is 226 Å². The van der Waals surface area contributed by atoms with E-state index in [-0.39, 0.29) is 12.1 Å². The number of carbonyl (C=O) groups is 2. The number of unbranched alkanes of at least 4 members (excludes halogenated alkanes) is 25. The number of hydrogen-bond acceptors (Lipinski definition) is 3. The van der Waals surface area contributed by atoms with Gasteiger partial charge in [-0.3, -0.25) is 9.59 Å². The van der Waals surface area contributed by atoms with Crippen molar-refractivity contribution in [3.8, 4) is 0 Å². The summed E-state index contributed by atoms with van der Waals surface area (Å²) in [7, 11) is 0. The molecule has 260 valence electrons. The summed E-state index contributed by atoms with van der Waals surface area (Å²) >= 11 is 0. The minimum Gasteiger partial charge on any atom is -0.481 e. The highest BCUT2D eigenvalue weighted by Gasteiger charge is 2.14. The molecule has 0 aromatic carbocycles. The fourth-order valence-electron chi connectivity index (χ4n) is 6.06. The van der Waals surface area contributed by atoms with Crippen LogP contribution < -0.4 is 0 Å². The van der Waals surface area contributed by atoms with Crippen molar-refractivity contribution in [1.82, 2.24) is 0 Å². The molecule has 0 aromatic rings. The molecular weight excluding hydrogens is 544 g/mol. The van der Waals surface area contributed by atoms with E-state index in [0.717, 1.165) is 38.5 Å². The third-order valence-electron chi connectivity index (χ3n) is 8.99. The fraction of sp³-hybridized carbons (Fsp3) is 0.900. The standard InChI is InChI=1S/C40H76O4/c1-3-5-7-9-10-11-12-14-19-22-25-29-33-37-40(43)44-38(34-30-26-8-6-4-2)35-31-27-23-20-17-15-13-16-18-21-24-28-32-36-39(41)42/h11-12,38H,3-10,13-37H2,1-2H3,(H,41,42)/b12-11-. The van der Waals surface area contributed by atoms with E-state index in [1.54, 1.807) is 0 Å². The molecule has 0 saturated heterocycles. The van der Waals surface area contributed by atoms with Crippen LogP contribution in [0.25, 0.3) is 0 Å². The second kappa shape index (κ2) is 36.2. The lowest BCUT2D eigenvalue weighted by Crippen LogP contribution is -2.18. The average molecular weight is 621 g/mol. The minimum absolute atomic E-state index is 0.0369. The molecule has 0 aliphatic rings. The number of allylic oxidation sites excluding steroid dienone is 2. The van der Waals surface area contributed by atoms with Gasteiger partial charge in [-0.2, -0.15) is 0 Å². The largest absolute Gasteiger partial charge is 0.481 e. The van der Waals surface area contributed by atoms with E-state index in [4.69, 9.17) is 9.84 Å². The SMILES string of the molecule is CCCCCC/C=C\CCCCCCCC(=O)OC(CCCCCCC)CCCCCCCCCCCCCCCC(=O)O. The molecule has 0 amide bonds. The molecule has 0 fully saturated rings. The Hall–Kier alpha value is -1.32. The van der Waals surface area contributed by atoms with Gasteiger partial charge in [-0.25, -0.2) is 0 Å². The highest BCUT2D eigenvalue weighted by atomic mass is 16.5. The summed E-state index contributed by atoms with van der Waals surface area (Å²) in [6.07, 6.45) is 43.9. The number of hydrogen-bond donors (Lipinski definition) is 1. The van der Waals surface area contributed by atoms with E-state index in [2.05, 4.69) is 26.0 Å². The van der Waals surface area contributed by atoms with Crippen LogP contribution in [0.4, 0.5) is 0 Å². The summed E-state index contributed by atoms with van der Waals surface area (Å²) in [5, 5.41) is 8.68. The lowest BCUT2D eigenvalue weighted by atomic mass is 10.0. The third kappa shape index (κ3) is 35.2. The molecule has 0 saturated carbocycles. The van der Waals surface area contributed by atoms with Crippen LogP contribution in [-0.2, 0) is 14.3 Å². The molecule has 0 aliphatic carbocycles. The molecule has 4 heteroatoms. The first-order valence-corrected chi connectivity index (χ1v) is 19.7. The van der Waals surface area contributed by atoms with Gasteiger partial charge in [-0.15, -0.1) is 0 Å². The smallest absolute Gasteiger partial charge is 0.306 e. The zero-order chi connectivity index (χ0) is 32.2. The number of carboxylic acid groups (broad SMARTS) is 1. The number of esters is 1. The van der Waals surface area contributed by atoms with Crippen molar-refractivity contribution in [2.45, 2.75) is 232 Å². The Bertz CT molecular complexity index is 629. The number of carboxylic acids is 1. The average Bonchev–Trinajstić information content (AvgIpc) is 3.00. The molecule has 0 spiro atoms. The Labute approximate surface area is 275 Å². The van der Waals surface area contributed by atoms with Gasteiger partial charge in [-0.05, 0) is 64.2 Å². The van der Waals surface area contributed by atoms with E-state index in [0.29, 0.717) is 12.8 Å². The van der Waals surface area contributed by atoms with Crippen LogP contribution in [0.3, 0.4) is 0 Å². The highest BCUT2D eigenvalue weighted by molar-refractivity contribution is 5.69. The van der Waals surface area contributed by atoms with E-state index in [9.17, 15) is 9.59 Å². The lowest BCUT2D eigenvalue weighted by molar-refractivity contribution is -0.150. The molecule has 0 bridgehead atoms. The van der Waals surface area contributed by atoms with Crippen LogP contribution in [0.2, 0.25) is 0 Å². The quantitative estimate of drug-likeness (QED) is 0.0430. The van der Waals surface area contributed by atoms with E-state index in [1.807, 2.05) is 0 Å². The van der Waals surface area contributed by atoms with Gasteiger partial charge in [0.2, 0.25) is 0 Å². The van der Waals surface area contributed by atoms with Gasteiger partial charge in [0.1, 0.15) is 6.10 Å². The Morgan fingerprint density at radius 1 is 0.477 bits per heavy atom. The molecule has 1 N–H and O–H groups in total. The minimum atomic E-state index is -0.667. The molecule has 0 aliphatic heterocycles. The zero-order valence-corrected chi connectivity index (χ0v) is 29.7. The van der Waals surface area contributed by atoms with Gasteiger partial charge >= 0.3 is 11.9 Å². The first-order valence-electron chi connectivity index (χ1n) is 19.7. The van der Waals surface area contributed by atoms with Crippen LogP contribution >= 0.6 is 0 Å². The number of carbonyl (C=O) groups excluding carboxylic acids is 1. The predicted molar refractivity (Wildman–Crippen MR) is 190 cm³/mol. The molecule has 0 aromatic heterocycles. The molecule has 1 atom stereocenters. The number of aliphatic carboxylic acids is 1. The van der Waals surface area contributed by atoms with E-state index >= 15 is 0 Å². The first-order chi connectivity index (χ1) is 21.6. The summed E-state index contributed by atoms with van der Waals surface area (Å²) < 4.78 is 6.01. The summed E-state index contributed by atoms with van der Waals surface area (Å²) in [4.78, 5) is 23.1. The molecule has 1 unspecified atom stereocenters. The zero-order valence-electron chi connectivity index (χ0n) is 29.7. The number of ether oxygens (including phenoxy) is 1.